The molecule has 5 heteroatoms. The van der Waals surface area contributed by atoms with Crippen LogP contribution >= 0.6 is 11.3 Å². The molecule has 0 bridgehead atoms. The van der Waals surface area contributed by atoms with Gasteiger partial charge >= 0.3 is 0 Å². The molecule has 1 N–H and O–H groups in total. The lowest BCUT2D eigenvalue weighted by molar-refractivity contribution is 0.397. The summed E-state index contributed by atoms with van der Waals surface area (Å²) in [6.45, 7) is 5.11. The van der Waals surface area contributed by atoms with Crippen molar-refractivity contribution >= 4 is 11.3 Å². The highest BCUT2D eigenvalue weighted by molar-refractivity contribution is 7.09. The van der Waals surface area contributed by atoms with Crippen molar-refractivity contribution in [3.8, 4) is 5.88 Å². The Labute approximate surface area is 117 Å². The summed E-state index contributed by atoms with van der Waals surface area (Å²) in [6.07, 6.45) is 2.74. The van der Waals surface area contributed by atoms with Gasteiger partial charge in [-0.2, -0.15) is 0 Å². The van der Waals surface area contributed by atoms with E-state index < -0.39 is 0 Å². The molecular weight excluding hydrogens is 258 g/mol. The van der Waals surface area contributed by atoms with Gasteiger partial charge in [-0.05, 0) is 31.9 Å². The SMILES string of the molecule is COc1cc(CC(C)NCc2scnc2C)ccn1. The summed E-state index contributed by atoms with van der Waals surface area (Å²) in [5, 5.41) is 3.52. The van der Waals surface area contributed by atoms with Crippen molar-refractivity contribution in [3.63, 3.8) is 0 Å². The fraction of sp³-hybridized carbons (Fsp3) is 0.429. The van der Waals surface area contributed by atoms with Crippen molar-refractivity contribution < 1.29 is 4.74 Å². The van der Waals surface area contributed by atoms with E-state index in [-0.39, 0.29) is 0 Å². The minimum Gasteiger partial charge on any atom is -0.481 e. The highest BCUT2D eigenvalue weighted by atomic mass is 32.1. The molecule has 4 nitrogen and oxygen atoms in total. The third-order valence-corrected chi connectivity index (χ3v) is 3.94. The van der Waals surface area contributed by atoms with E-state index in [4.69, 9.17) is 4.74 Å². The Hall–Kier alpha value is -1.46. The average Bonchev–Trinajstić information content (AvgIpc) is 2.82. The van der Waals surface area contributed by atoms with Crippen molar-refractivity contribution in [2.75, 3.05) is 7.11 Å². The Bertz CT molecular complexity index is 527. The van der Waals surface area contributed by atoms with E-state index in [9.17, 15) is 0 Å². The fourth-order valence-corrected chi connectivity index (χ4v) is 2.61. The second kappa shape index (κ2) is 6.63. The number of nitrogens with one attached hydrogen (secondary N) is 1. The predicted molar refractivity (Wildman–Crippen MR) is 77.6 cm³/mol. The van der Waals surface area contributed by atoms with E-state index in [2.05, 4.69) is 22.2 Å². The van der Waals surface area contributed by atoms with Gasteiger partial charge in [0.2, 0.25) is 5.88 Å². The lowest BCUT2D eigenvalue weighted by atomic mass is 10.1. The fourth-order valence-electron chi connectivity index (χ4n) is 1.88. The molecule has 0 amide bonds. The highest BCUT2D eigenvalue weighted by Crippen LogP contribution is 2.13. The minimum absolute atomic E-state index is 0.397. The first-order chi connectivity index (χ1) is 9.19. The number of aryl methyl sites for hydroxylation is 1. The molecule has 0 aliphatic heterocycles. The number of aromatic nitrogens is 2. The molecule has 19 heavy (non-hydrogen) atoms. The van der Waals surface area contributed by atoms with Crippen LogP contribution in [0.5, 0.6) is 5.88 Å². The zero-order valence-corrected chi connectivity index (χ0v) is 12.3. The maximum Gasteiger partial charge on any atom is 0.213 e. The molecule has 0 aliphatic carbocycles. The van der Waals surface area contributed by atoms with E-state index in [0.717, 1.165) is 18.7 Å². The smallest absolute Gasteiger partial charge is 0.213 e. The molecule has 0 aromatic carbocycles. The number of pyridine rings is 1. The summed E-state index contributed by atoms with van der Waals surface area (Å²) in [4.78, 5) is 9.67. The van der Waals surface area contributed by atoms with Gasteiger partial charge in [-0.1, -0.05) is 0 Å². The Morgan fingerprint density at radius 3 is 2.95 bits per heavy atom. The first-order valence-electron chi connectivity index (χ1n) is 6.30. The monoisotopic (exact) mass is 277 g/mol. The third-order valence-electron chi connectivity index (χ3n) is 3.01. The molecule has 2 rings (SSSR count). The second-order valence-electron chi connectivity index (χ2n) is 4.55. The number of nitrogens with zero attached hydrogens (tertiary/aromatic N) is 2. The average molecular weight is 277 g/mol. The van der Waals surface area contributed by atoms with Gasteiger partial charge < -0.3 is 10.1 Å². The minimum atomic E-state index is 0.397. The van der Waals surface area contributed by atoms with E-state index in [0.29, 0.717) is 11.9 Å². The number of ether oxygens (including phenoxy) is 1. The van der Waals surface area contributed by atoms with E-state index in [1.165, 1.54) is 10.4 Å². The van der Waals surface area contributed by atoms with Gasteiger partial charge in [0.25, 0.3) is 0 Å². The number of methoxy groups -OCH3 is 1. The number of hydrogen-bond donors (Lipinski definition) is 1. The Morgan fingerprint density at radius 2 is 2.26 bits per heavy atom. The highest BCUT2D eigenvalue weighted by Gasteiger charge is 2.07. The molecule has 1 atom stereocenters. The number of thiazole rings is 1. The normalized spacial score (nSPS) is 12.4. The van der Waals surface area contributed by atoms with Crippen LogP contribution in [0.3, 0.4) is 0 Å². The first-order valence-corrected chi connectivity index (χ1v) is 7.18. The van der Waals surface area contributed by atoms with Crippen LogP contribution in [0.15, 0.2) is 23.8 Å². The molecule has 0 radical (unpaired) electrons. The molecule has 0 saturated heterocycles. The summed E-state index contributed by atoms with van der Waals surface area (Å²) >= 11 is 1.70. The van der Waals surface area contributed by atoms with Gasteiger partial charge in [-0.3, -0.25) is 0 Å². The van der Waals surface area contributed by atoms with E-state index in [1.807, 2.05) is 24.6 Å². The molecule has 0 fully saturated rings. The molecule has 2 aromatic heterocycles. The summed E-state index contributed by atoms with van der Waals surface area (Å²) in [5.74, 6) is 0.669. The van der Waals surface area contributed by atoms with Crippen LogP contribution < -0.4 is 10.1 Å². The van der Waals surface area contributed by atoms with Crippen LogP contribution in [0.4, 0.5) is 0 Å². The Balaban J connectivity index is 1.87. The quantitative estimate of drug-likeness (QED) is 0.881. The van der Waals surface area contributed by atoms with E-state index >= 15 is 0 Å². The van der Waals surface area contributed by atoms with Crippen LogP contribution in [0.25, 0.3) is 0 Å². The maximum absolute atomic E-state index is 5.13. The van der Waals surface area contributed by atoms with Crippen molar-refractivity contribution in [2.45, 2.75) is 32.9 Å². The largest absolute Gasteiger partial charge is 0.481 e. The molecule has 0 spiro atoms. The number of rotatable bonds is 6. The Kier molecular flexibility index (Phi) is 4.87. The zero-order chi connectivity index (χ0) is 13.7. The first kappa shape index (κ1) is 14.0. The molecule has 2 heterocycles. The maximum atomic E-state index is 5.13. The molecule has 0 aliphatic rings. The van der Waals surface area contributed by atoms with Gasteiger partial charge in [-0.25, -0.2) is 9.97 Å². The topological polar surface area (TPSA) is 47.0 Å². The summed E-state index contributed by atoms with van der Waals surface area (Å²) in [6, 6.07) is 4.41. The van der Waals surface area contributed by atoms with Gasteiger partial charge in [0.1, 0.15) is 0 Å². The van der Waals surface area contributed by atoms with Gasteiger partial charge in [0.05, 0.1) is 18.3 Å². The number of hydrogen-bond acceptors (Lipinski definition) is 5. The summed E-state index contributed by atoms with van der Waals surface area (Å²) < 4.78 is 5.13. The van der Waals surface area contributed by atoms with Gasteiger partial charge in [0.15, 0.2) is 0 Å². The third kappa shape index (κ3) is 4.01. The zero-order valence-electron chi connectivity index (χ0n) is 11.5. The molecule has 2 aromatic rings. The predicted octanol–water partition coefficient (Wildman–Crippen LogP) is 2.58. The lowest BCUT2D eigenvalue weighted by Gasteiger charge is -2.13. The molecule has 0 saturated carbocycles. The summed E-state index contributed by atoms with van der Waals surface area (Å²) in [7, 11) is 1.64. The van der Waals surface area contributed by atoms with Crippen LogP contribution in [0, 0.1) is 6.92 Å². The lowest BCUT2D eigenvalue weighted by Crippen LogP contribution is -2.27. The molecule has 102 valence electrons. The van der Waals surface area contributed by atoms with Crippen molar-refractivity contribution in [3.05, 3.63) is 40.0 Å². The Morgan fingerprint density at radius 1 is 1.42 bits per heavy atom. The van der Waals surface area contributed by atoms with Crippen LogP contribution in [0.1, 0.15) is 23.1 Å². The van der Waals surface area contributed by atoms with Gasteiger partial charge in [-0.15, -0.1) is 11.3 Å². The van der Waals surface area contributed by atoms with Crippen LogP contribution in [-0.2, 0) is 13.0 Å². The van der Waals surface area contributed by atoms with Gasteiger partial charge in [0, 0.05) is 29.7 Å². The van der Waals surface area contributed by atoms with Crippen molar-refractivity contribution in [1.82, 2.24) is 15.3 Å². The van der Waals surface area contributed by atoms with Crippen molar-refractivity contribution in [1.29, 1.82) is 0 Å². The summed E-state index contributed by atoms with van der Waals surface area (Å²) in [5.41, 5.74) is 4.24. The standard InChI is InChI=1S/C14H19N3OS/c1-10(16-8-13-11(2)17-9-19-13)6-12-4-5-15-14(7-12)18-3/h4-5,7,9-10,16H,6,8H2,1-3H3. The second-order valence-corrected chi connectivity index (χ2v) is 5.49. The van der Waals surface area contributed by atoms with Crippen LogP contribution in [0.2, 0.25) is 0 Å². The molecule has 1 unspecified atom stereocenters. The van der Waals surface area contributed by atoms with Crippen molar-refractivity contribution in [2.24, 2.45) is 0 Å². The van der Waals surface area contributed by atoms with Crippen LogP contribution in [-0.4, -0.2) is 23.1 Å². The van der Waals surface area contributed by atoms with E-state index in [1.54, 1.807) is 24.6 Å². The molecular formula is C14H19N3OS.